The van der Waals surface area contributed by atoms with E-state index in [1.807, 2.05) is 37.9 Å². The Balaban J connectivity index is 2.15. The molecule has 0 unspecified atom stereocenters. The van der Waals surface area contributed by atoms with Crippen molar-refractivity contribution in [3.8, 4) is 0 Å². The zero-order valence-corrected chi connectivity index (χ0v) is 11.9. The van der Waals surface area contributed by atoms with Crippen LogP contribution in [0.1, 0.15) is 18.4 Å². The molecule has 0 aliphatic carbocycles. The van der Waals surface area contributed by atoms with Gasteiger partial charge in [-0.05, 0) is 37.6 Å². The van der Waals surface area contributed by atoms with Crippen molar-refractivity contribution >= 4 is 23.5 Å². The molecule has 0 saturated heterocycles. The summed E-state index contributed by atoms with van der Waals surface area (Å²) in [7, 11) is 1.87. The van der Waals surface area contributed by atoms with Crippen molar-refractivity contribution in [3.05, 3.63) is 28.9 Å². The first-order valence-electron chi connectivity index (χ1n) is 6.00. The quantitative estimate of drug-likeness (QED) is 0.908. The monoisotopic (exact) mass is 281 g/mol. The van der Waals surface area contributed by atoms with Crippen molar-refractivity contribution in [2.24, 2.45) is 0 Å². The summed E-state index contributed by atoms with van der Waals surface area (Å²) in [6.45, 7) is 5.17. The van der Waals surface area contributed by atoms with Crippen LogP contribution in [0.4, 0.5) is 11.9 Å². The van der Waals surface area contributed by atoms with Gasteiger partial charge in [0, 0.05) is 13.6 Å². The van der Waals surface area contributed by atoms with Gasteiger partial charge in [-0.2, -0.15) is 15.0 Å². The Bertz CT molecular complexity index is 557. The number of aromatic nitrogens is 3. The molecule has 0 aliphatic rings. The Hall–Kier alpha value is -1.82. The maximum Gasteiger partial charge on any atom is 0.231 e. The molecule has 19 heavy (non-hydrogen) atoms. The van der Waals surface area contributed by atoms with Crippen LogP contribution in [0.3, 0.4) is 0 Å². The third kappa shape index (κ3) is 3.57. The summed E-state index contributed by atoms with van der Waals surface area (Å²) in [6.07, 6.45) is 0. The van der Waals surface area contributed by atoms with Crippen LogP contribution in [0.15, 0.2) is 16.5 Å². The van der Waals surface area contributed by atoms with Gasteiger partial charge in [0.2, 0.25) is 17.2 Å². The summed E-state index contributed by atoms with van der Waals surface area (Å²) in [5, 5.41) is 3.18. The zero-order valence-electron chi connectivity index (χ0n) is 11.1. The van der Waals surface area contributed by atoms with Crippen molar-refractivity contribution in [1.82, 2.24) is 15.0 Å². The van der Waals surface area contributed by atoms with Crippen molar-refractivity contribution < 1.29 is 4.42 Å². The average molecular weight is 282 g/mol. The van der Waals surface area contributed by atoms with Gasteiger partial charge in [0.1, 0.15) is 11.5 Å². The van der Waals surface area contributed by atoms with E-state index in [1.165, 1.54) is 0 Å². The van der Waals surface area contributed by atoms with E-state index < -0.39 is 0 Å². The van der Waals surface area contributed by atoms with E-state index in [0.29, 0.717) is 18.4 Å². The fourth-order valence-electron chi connectivity index (χ4n) is 1.62. The molecule has 0 saturated carbocycles. The molecule has 0 radical (unpaired) electrons. The molecule has 2 aromatic heterocycles. The van der Waals surface area contributed by atoms with Crippen LogP contribution in [0.25, 0.3) is 0 Å². The Labute approximate surface area is 116 Å². The summed E-state index contributed by atoms with van der Waals surface area (Å²) < 4.78 is 5.52. The molecule has 2 rings (SSSR count). The van der Waals surface area contributed by atoms with E-state index in [1.54, 1.807) is 0 Å². The van der Waals surface area contributed by atoms with E-state index in [0.717, 1.165) is 18.1 Å². The van der Waals surface area contributed by atoms with E-state index in [4.69, 9.17) is 16.0 Å². The molecule has 0 aromatic carbocycles. The minimum absolute atomic E-state index is 0.170. The Morgan fingerprint density at radius 1 is 1.32 bits per heavy atom. The third-order valence-corrected chi connectivity index (χ3v) is 2.63. The van der Waals surface area contributed by atoms with Gasteiger partial charge in [0.25, 0.3) is 0 Å². The smallest absolute Gasteiger partial charge is 0.231 e. The number of hydrogen-bond donors (Lipinski definition) is 1. The maximum atomic E-state index is 5.88. The van der Waals surface area contributed by atoms with Crippen LogP contribution in [0.5, 0.6) is 0 Å². The molecule has 6 nitrogen and oxygen atoms in total. The minimum atomic E-state index is 0.170. The van der Waals surface area contributed by atoms with Gasteiger partial charge in [-0.3, -0.25) is 0 Å². The topological polar surface area (TPSA) is 67.1 Å². The second-order valence-corrected chi connectivity index (χ2v) is 4.46. The highest BCUT2D eigenvalue weighted by molar-refractivity contribution is 6.28. The van der Waals surface area contributed by atoms with Crippen molar-refractivity contribution in [2.75, 3.05) is 23.8 Å². The number of furan rings is 1. The molecule has 2 aromatic rings. The molecule has 0 atom stereocenters. The molecule has 0 aliphatic heterocycles. The molecule has 2 heterocycles. The lowest BCUT2D eigenvalue weighted by Gasteiger charge is -2.16. The van der Waals surface area contributed by atoms with Crippen molar-refractivity contribution in [2.45, 2.75) is 20.4 Å². The average Bonchev–Trinajstić information content (AvgIpc) is 2.74. The normalized spacial score (nSPS) is 10.5. The third-order valence-electron chi connectivity index (χ3n) is 2.46. The second-order valence-electron chi connectivity index (χ2n) is 4.13. The molecular weight excluding hydrogens is 266 g/mol. The Kier molecular flexibility index (Phi) is 4.21. The van der Waals surface area contributed by atoms with E-state index >= 15 is 0 Å². The summed E-state index contributed by atoms with van der Waals surface area (Å²) in [5.74, 6) is 2.71. The zero-order chi connectivity index (χ0) is 13.8. The fourth-order valence-corrected chi connectivity index (χ4v) is 1.78. The summed E-state index contributed by atoms with van der Waals surface area (Å²) in [4.78, 5) is 14.3. The predicted octanol–water partition coefficient (Wildman–Crippen LogP) is 2.49. The molecule has 102 valence electrons. The van der Waals surface area contributed by atoms with E-state index in [2.05, 4.69) is 20.3 Å². The van der Waals surface area contributed by atoms with Crippen LogP contribution in [-0.4, -0.2) is 28.5 Å². The van der Waals surface area contributed by atoms with Crippen LogP contribution >= 0.6 is 11.6 Å². The Morgan fingerprint density at radius 2 is 2.11 bits per heavy atom. The molecule has 0 fully saturated rings. The second kappa shape index (κ2) is 5.88. The summed E-state index contributed by atoms with van der Waals surface area (Å²) in [6, 6.07) is 3.85. The number of aryl methyl sites for hydroxylation is 1. The first-order valence-corrected chi connectivity index (χ1v) is 6.38. The lowest BCUT2D eigenvalue weighted by atomic mass is 10.4. The minimum Gasteiger partial charge on any atom is -0.464 e. The highest BCUT2D eigenvalue weighted by atomic mass is 35.5. The number of nitrogens with one attached hydrogen (secondary N) is 1. The van der Waals surface area contributed by atoms with Gasteiger partial charge < -0.3 is 14.6 Å². The molecule has 0 amide bonds. The van der Waals surface area contributed by atoms with Gasteiger partial charge in [0.15, 0.2) is 0 Å². The van der Waals surface area contributed by atoms with Gasteiger partial charge in [-0.25, -0.2) is 0 Å². The van der Waals surface area contributed by atoms with Crippen LogP contribution in [0, 0.1) is 6.92 Å². The molecule has 7 heteroatoms. The molecule has 1 N–H and O–H groups in total. The molecule has 0 spiro atoms. The van der Waals surface area contributed by atoms with Gasteiger partial charge >= 0.3 is 0 Å². The van der Waals surface area contributed by atoms with Crippen LogP contribution in [-0.2, 0) is 6.54 Å². The number of nitrogens with zero attached hydrogens (tertiary/aromatic N) is 4. The molecule has 0 bridgehead atoms. The van der Waals surface area contributed by atoms with Crippen LogP contribution in [0.2, 0.25) is 5.28 Å². The highest BCUT2D eigenvalue weighted by Gasteiger charge is 2.11. The first-order chi connectivity index (χ1) is 9.08. The van der Waals surface area contributed by atoms with Crippen molar-refractivity contribution in [1.29, 1.82) is 0 Å². The van der Waals surface area contributed by atoms with Crippen LogP contribution < -0.4 is 10.2 Å². The largest absolute Gasteiger partial charge is 0.464 e. The SMILES string of the molecule is CCNc1nc(Cl)nc(N(C)Cc2ccc(C)o2)n1. The number of rotatable bonds is 5. The lowest BCUT2D eigenvalue weighted by molar-refractivity contribution is 0.480. The Morgan fingerprint density at radius 3 is 2.74 bits per heavy atom. The predicted molar refractivity (Wildman–Crippen MR) is 74.6 cm³/mol. The van der Waals surface area contributed by atoms with E-state index in [-0.39, 0.29) is 5.28 Å². The number of halogens is 1. The number of hydrogen-bond acceptors (Lipinski definition) is 6. The standard InChI is InChI=1S/C12H16ClN5O/c1-4-14-11-15-10(13)16-12(17-11)18(3)7-9-6-5-8(2)19-9/h5-6H,4,7H2,1-3H3,(H,14,15,16,17). The molecular formula is C12H16ClN5O. The summed E-state index contributed by atoms with van der Waals surface area (Å²) >= 11 is 5.88. The number of anilines is 2. The summed E-state index contributed by atoms with van der Waals surface area (Å²) in [5.41, 5.74) is 0. The lowest BCUT2D eigenvalue weighted by Crippen LogP contribution is -2.20. The van der Waals surface area contributed by atoms with Gasteiger partial charge in [-0.15, -0.1) is 0 Å². The first kappa shape index (κ1) is 13.6. The van der Waals surface area contributed by atoms with E-state index in [9.17, 15) is 0 Å². The highest BCUT2D eigenvalue weighted by Crippen LogP contribution is 2.16. The fraction of sp³-hybridized carbons (Fsp3) is 0.417. The maximum absolute atomic E-state index is 5.88. The van der Waals surface area contributed by atoms with Crippen molar-refractivity contribution in [3.63, 3.8) is 0 Å². The van der Waals surface area contributed by atoms with Gasteiger partial charge in [0.05, 0.1) is 6.54 Å². The van der Waals surface area contributed by atoms with Gasteiger partial charge in [-0.1, -0.05) is 0 Å².